The maximum absolute atomic E-state index is 12.1. The molecule has 0 radical (unpaired) electrons. The molecule has 2 N–H and O–H groups in total. The van der Waals surface area contributed by atoms with E-state index in [9.17, 15) is 4.79 Å². The minimum Gasteiger partial charge on any atom is -0.359 e. The molecular formula is C26H47N5OS. The minimum absolute atomic E-state index is 0.0485. The maximum atomic E-state index is 12.1. The largest absolute Gasteiger partial charge is 0.359 e. The molecule has 7 heteroatoms. The summed E-state index contributed by atoms with van der Waals surface area (Å²) in [6, 6.07) is 0. The summed E-state index contributed by atoms with van der Waals surface area (Å²) >= 11 is 1.42. The molecule has 6 nitrogen and oxygen atoms in total. The Morgan fingerprint density at radius 1 is 0.879 bits per heavy atom. The molecule has 1 aliphatic rings. The van der Waals surface area contributed by atoms with Crippen LogP contribution in [0.5, 0.6) is 0 Å². The van der Waals surface area contributed by atoms with Crippen molar-refractivity contribution in [3.63, 3.8) is 0 Å². The summed E-state index contributed by atoms with van der Waals surface area (Å²) in [4.78, 5) is 14.6. The summed E-state index contributed by atoms with van der Waals surface area (Å²) in [6.45, 7) is 6.59. The Hall–Kier alpha value is -1.47. The normalized spacial score (nSPS) is 14.3. The van der Waals surface area contributed by atoms with Crippen LogP contribution in [0.4, 0.5) is 10.3 Å². The number of anilines is 2. The summed E-state index contributed by atoms with van der Waals surface area (Å²) in [6.07, 6.45) is 24.4. The van der Waals surface area contributed by atoms with E-state index in [-0.39, 0.29) is 5.91 Å². The third kappa shape index (κ3) is 14.4. The van der Waals surface area contributed by atoms with Gasteiger partial charge in [-0.05, 0) is 58.0 Å². The van der Waals surface area contributed by atoms with Crippen LogP contribution < -0.4 is 10.6 Å². The lowest BCUT2D eigenvalue weighted by Gasteiger charge is -2.13. The first kappa shape index (κ1) is 27.8. The molecular weight excluding hydrogens is 430 g/mol. The number of hydrogen-bond acceptors (Lipinski definition) is 6. The maximum Gasteiger partial charge on any atom is 0.226 e. The minimum atomic E-state index is 0.0485. The van der Waals surface area contributed by atoms with E-state index in [0.29, 0.717) is 11.6 Å². The van der Waals surface area contributed by atoms with Gasteiger partial charge in [0.15, 0.2) is 0 Å². The van der Waals surface area contributed by atoms with Gasteiger partial charge in [0.2, 0.25) is 16.2 Å². The fraction of sp³-hybridized carbons (Fsp3) is 0.808. The van der Waals surface area contributed by atoms with E-state index in [1.807, 2.05) is 0 Å². The summed E-state index contributed by atoms with van der Waals surface area (Å²) < 4.78 is 0. The van der Waals surface area contributed by atoms with Crippen LogP contribution in [-0.4, -0.2) is 47.2 Å². The SMILES string of the molecule is CCCCCCCC/C=C/CCCCCCCC(=O)Nc1nnc(NCCN2CCCC2)s1. The average Bonchev–Trinajstić information content (AvgIpc) is 3.49. The lowest BCUT2D eigenvalue weighted by Crippen LogP contribution is -2.25. The molecule has 1 saturated heterocycles. The molecule has 1 aromatic heterocycles. The molecule has 0 atom stereocenters. The van der Waals surface area contributed by atoms with E-state index >= 15 is 0 Å². The van der Waals surface area contributed by atoms with Crippen LogP contribution in [0.2, 0.25) is 0 Å². The Morgan fingerprint density at radius 3 is 2.18 bits per heavy atom. The Bertz CT molecular complexity index is 642. The van der Waals surface area contributed by atoms with Gasteiger partial charge in [0.25, 0.3) is 0 Å². The second kappa shape index (κ2) is 18.9. The van der Waals surface area contributed by atoms with E-state index < -0.39 is 0 Å². The monoisotopic (exact) mass is 477 g/mol. The smallest absolute Gasteiger partial charge is 0.226 e. The number of carbonyl (C=O) groups is 1. The van der Waals surface area contributed by atoms with Crippen LogP contribution >= 0.6 is 11.3 Å². The number of amides is 1. The first-order valence-corrected chi connectivity index (χ1v) is 14.3. The van der Waals surface area contributed by atoms with Gasteiger partial charge >= 0.3 is 0 Å². The summed E-state index contributed by atoms with van der Waals surface area (Å²) in [5, 5.41) is 15.8. The highest BCUT2D eigenvalue weighted by Crippen LogP contribution is 2.20. The van der Waals surface area contributed by atoms with Crippen molar-refractivity contribution in [2.75, 3.05) is 36.8 Å². The highest BCUT2D eigenvalue weighted by atomic mass is 32.1. The number of nitrogens with zero attached hydrogens (tertiary/aromatic N) is 3. The van der Waals surface area contributed by atoms with E-state index in [1.54, 1.807) is 0 Å². The zero-order valence-electron chi connectivity index (χ0n) is 21.0. The van der Waals surface area contributed by atoms with Gasteiger partial charge in [-0.1, -0.05) is 81.8 Å². The number of allylic oxidation sites excluding steroid dienone is 2. The van der Waals surface area contributed by atoms with Crippen molar-refractivity contribution < 1.29 is 4.79 Å². The number of unbranched alkanes of at least 4 members (excludes halogenated alkanes) is 11. The summed E-state index contributed by atoms with van der Waals surface area (Å²) in [7, 11) is 0. The molecule has 0 aromatic carbocycles. The van der Waals surface area contributed by atoms with Crippen molar-refractivity contribution in [2.24, 2.45) is 0 Å². The van der Waals surface area contributed by atoms with Gasteiger partial charge < -0.3 is 15.5 Å². The molecule has 0 spiro atoms. The van der Waals surface area contributed by atoms with E-state index in [2.05, 4.69) is 44.8 Å². The third-order valence-electron chi connectivity index (χ3n) is 6.24. The van der Waals surface area contributed by atoms with E-state index in [4.69, 9.17) is 0 Å². The predicted octanol–water partition coefficient (Wildman–Crippen LogP) is 7.02. The molecule has 0 aliphatic carbocycles. The molecule has 1 aromatic rings. The van der Waals surface area contributed by atoms with Gasteiger partial charge in [0.1, 0.15) is 0 Å². The molecule has 2 heterocycles. The summed E-state index contributed by atoms with van der Waals surface area (Å²) in [5.41, 5.74) is 0. The van der Waals surface area contributed by atoms with E-state index in [1.165, 1.54) is 108 Å². The van der Waals surface area contributed by atoms with Crippen molar-refractivity contribution in [1.29, 1.82) is 0 Å². The van der Waals surface area contributed by atoms with Crippen molar-refractivity contribution in [3.8, 4) is 0 Å². The van der Waals surface area contributed by atoms with Gasteiger partial charge in [0.05, 0.1) is 0 Å². The second-order valence-corrected chi connectivity index (χ2v) is 10.2. The number of likely N-dealkylation sites (tertiary alicyclic amines) is 1. The third-order valence-corrected chi connectivity index (χ3v) is 7.04. The zero-order valence-corrected chi connectivity index (χ0v) is 21.8. The Morgan fingerprint density at radius 2 is 1.48 bits per heavy atom. The molecule has 2 rings (SSSR count). The van der Waals surface area contributed by atoms with Gasteiger partial charge in [0, 0.05) is 19.5 Å². The molecule has 0 unspecified atom stereocenters. The Kier molecular flexibility index (Phi) is 15.9. The molecule has 0 saturated carbocycles. The molecule has 188 valence electrons. The predicted molar refractivity (Wildman–Crippen MR) is 142 cm³/mol. The zero-order chi connectivity index (χ0) is 23.4. The topological polar surface area (TPSA) is 70.1 Å². The first-order chi connectivity index (χ1) is 16.3. The molecule has 1 aliphatic heterocycles. The van der Waals surface area contributed by atoms with Gasteiger partial charge in [-0.3, -0.25) is 4.79 Å². The van der Waals surface area contributed by atoms with E-state index in [0.717, 1.165) is 31.1 Å². The van der Waals surface area contributed by atoms with Gasteiger partial charge in [-0.15, -0.1) is 10.2 Å². The van der Waals surface area contributed by atoms with Crippen LogP contribution in [-0.2, 0) is 4.79 Å². The first-order valence-electron chi connectivity index (χ1n) is 13.5. The Labute approximate surface area is 206 Å². The molecule has 0 bridgehead atoms. The van der Waals surface area contributed by atoms with Crippen LogP contribution in [0.3, 0.4) is 0 Å². The Balaban J connectivity index is 1.37. The van der Waals surface area contributed by atoms with Crippen molar-refractivity contribution in [1.82, 2.24) is 15.1 Å². The number of hydrogen-bond donors (Lipinski definition) is 2. The molecule has 1 amide bonds. The lowest BCUT2D eigenvalue weighted by molar-refractivity contribution is -0.116. The van der Waals surface area contributed by atoms with Crippen LogP contribution in [0.1, 0.15) is 110 Å². The standard InChI is InChI=1S/C26H47N5OS/c1-2-3-4-5-6-7-8-9-10-11-12-13-14-15-16-19-24(32)28-26-30-29-25(33-26)27-20-23-31-21-17-18-22-31/h9-10H,2-8,11-23H2,1H3,(H,27,29)(H,28,30,32)/b10-9+. The van der Waals surface area contributed by atoms with Gasteiger partial charge in [-0.2, -0.15) is 0 Å². The number of nitrogens with one attached hydrogen (secondary N) is 2. The van der Waals surface area contributed by atoms with Gasteiger partial charge in [-0.25, -0.2) is 0 Å². The number of carbonyl (C=O) groups excluding carboxylic acids is 1. The van der Waals surface area contributed by atoms with Crippen LogP contribution in [0, 0.1) is 0 Å². The van der Waals surface area contributed by atoms with Crippen molar-refractivity contribution >= 4 is 27.5 Å². The van der Waals surface area contributed by atoms with Crippen LogP contribution in [0.15, 0.2) is 12.2 Å². The molecule has 33 heavy (non-hydrogen) atoms. The van der Waals surface area contributed by atoms with Crippen molar-refractivity contribution in [2.45, 2.75) is 110 Å². The van der Waals surface area contributed by atoms with Crippen LogP contribution in [0.25, 0.3) is 0 Å². The highest BCUT2D eigenvalue weighted by Gasteiger charge is 2.11. The number of rotatable bonds is 20. The highest BCUT2D eigenvalue weighted by molar-refractivity contribution is 7.19. The molecule has 1 fully saturated rings. The fourth-order valence-electron chi connectivity index (χ4n) is 4.21. The second-order valence-electron chi connectivity index (χ2n) is 9.27. The quantitative estimate of drug-likeness (QED) is 0.156. The summed E-state index contributed by atoms with van der Waals surface area (Å²) in [5.74, 6) is 0.0485. The van der Waals surface area contributed by atoms with Crippen molar-refractivity contribution in [3.05, 3.63) is 12.2 Å². The lowest BCUT2D eigenvalue weighted by atomic mass is 10.1. The fourth-order valence-corrected chi connectivity index (χ4v) is 4.90. The average molecular weight is 478 g/mol. The number of aromatic nitrogens is 2.